The van der Waals surface area contributed by atoms with Crippen LogP contribution in [0.2, 0.25) is 0 Å². The fraction of sp³-hybridized carbons (Fsp3) is 0.909. The molecule has 0 aromatic rings. The number of carbonyl (C=O) groups is 1. The van der Waals surface area contributed by atoms with E-state index in [9.17, 15) is 4.79 Å². The van der Waals surface area contributed by atoms with Crippen LogP contribution in [0.15, 0.2) is 0 Å². The molecule has 1 aliphatic heterocycles. The van der Waals surface area contributed by atoms with E-state index in [-0.39, 0.29) is 12.1 Å². The molecule has 0 aliphatic carbocycles. The molecule has 82 valence electrons. The zero-order valence-electron chi connectivity index (χ0n) is 8.96. The van der Waals surface area contributed by atoms with Gasteiger partial charge in [0.05, 0.1) is 6.10 Å². The van der Waals surface area contributed by atoms with Crippen molar-refractivity contribution in [3.8, 4) is 0 Å². The lowest BCUT2D eigenvalue weighted by Crippen LogP contribution is -2.17. The van der Waals surface area contributed by atoms with E-state index < -0.39 is 0 Å². The third kappa shape index (κ3) is 4.61. The van der Waals surface area contributed by atoms with Crippen molar-refractivity contribution in [2.75, 3.05) is 13.2 Å². The van der Waals surface area contributed by atoms with Crippen LogP contribution in [-0.2, 0) is 14.3 Å². The summed E-state index contributed by atoms with van der Waals surface area (Å²) in [5, 5.41) is 0. The van der Waals surface area contributed by atoms with Crippen LogP contribution in [0.25, 0.3) is 0 Å². The molecule has 0 amide bonds. The molecule has 0 saturated carbocycles. The Balaban J connectivity index is 1.96. The maximum Gasteiger partial charge on any atom is 0.305 e. The minimum absolute atomic E-state index is 0.0750. The molecule has 0 aromatic heterocycles. The number of carbonyl (C=O) groups excluding carboxylic acids is 1. The molecule has 0 bridgehead atoms. The highest BCUT2D eigenvalue weighted by Gasteiger charge is 2.17. The van der Waals surface area contributed by atoms with Crippen LogP contribution in [0.1, 0.15) is 45.4 Å². The molecule has 3 heteroatoms. The Morgan fingerprint density at radius 2 is 2.36 bits per heavy atom. The van der Waals surface area contributed by atoms with E-state index in [2.05, 4.69) is 6.92 Å². The first-order valence-corrected chi connectivity index (χ1v) is 5.60. The van der Waals surface area contributed by atoms with Crippen LogP contribution >= 0.6 is 0 Å². The summed E-state index contributed by atoms with van der Waals surface area (Å²) in [7, 11) is 0. The predicted molar refractivity (Wildman–Crippen MR) is 54.1 cm³/mol. The second kappa shape index (κ2) is 6.82. The van der Waals surface area contributed by atoms with Crippen LogP contribution < -0.4 is 0 Å². The number of unbranched alkanes of at least 4 members (excludes halogenated alkanes) is 2. The van der Waals surface area contributed by atoms with Gasteiger partial charge in [-0.2, -0.15) is 0 Å². The number of ether oxygens (including phenoxy) is 2. The van der Waals surface area contributed by atoms with Crippen molar-refractivity contribution >= 4 is 5.97 Å². The molecule has 1 fully saturated rings. The van der Waals surface area contributed by atoms with Gasteiger partial charge in [-0.1, -0.05) is 19.8 Å². The molecule has 1 aliphatic rings. The molecule has 1 unspecified atom stereocenters. The quantitative estimate of drug-likeness (QED) is 0.487. The van der Waals surface area contributed by atoms with E-state index in [0.29, 0.717) is 13.0 Å². The molecule has 1 rings (SSSR count). The highest BCUT2D eigenvalue weighted by Crippen LogP contribution is 2.12. The number of hydrogen-bond acceptors (Lipinski definition) is 3. The standard InChI is InChI=1S/C11H20O3/c1-2-3-4-7-11(12)14-9-10-6-5-8-13-10/h10H,2-9H2,1H3. The van der Waals surface area contributed by atoms with Gasteiger partial charge in [0.15, 0.2) is 0 Å². The molecule has 0 radical (unpaired) electrons. The van der Waals surface area contributed by atoms with Gasteiger partial charge in [-0.15, -0.1) is 0 Å². The first kappa shape index (κ1) is 11.5. The van der Waals surface area contributed by atoms with Crippen molar-refractivity contribution in [3.05, 3.63) is 0 Å². The molecule has 3 nitrogen and oxygen atoms in total. The van der Waals surface area contributed by atoms with Gasteiger partial charge in [0.1, 0.15) is 6.61 Å². The predicted octanol–water partition coefficient (Wildman–Crippen LogP) is 2.29. The van der Waals surface area contributed by atoms with Crippen molar-refractivity contribution in [3.63, 3.8) is 0 Å². The number of rotatable bonds is 6. The monoisotopic (exact) mass is 200 g/mol. The van der Waals surface area contributed by atoms with Crippen molar-refractivity contribution in [1.29, 1.82) is 0 Å². The third-order valence-corrected chi connectivity index (χ3v) is 2.44. The maximum absolute atomic E-state index is 11.2. The summed E-state index contributed by atoms with van der Waals surface area (Å²) >= 11 is 0. The van der Waals surface area contributed by atoms with Gasteiger partial charge >= 0.3 is 5.97 Å². The topological polar surface area (TPSA) is 35.5 Å². The summed E-state index contributed by atoms with van der Waals surface area (Å²) in [5.41, 5.74) is 0. The Bertz CT molecular complexity index is 162. The van der Waals surface area contributed by atoms with Crippen LogP contribution in [0, 0.1) is 0 Å². The SMILES string of the molecule is CCCCCC(=O)OCC1CCCO1. The maximum atomic E-state index is 11.2. The lowest BCUT2D eigenvalue weighted by Gasteiger charge is -2.09. The zero-order chi connectivity index (χ0) is 10.2. The normalized spacial score (nSPS) is 21.1. The molecule has 14 heavy (non-hydrogen) atoms. The van der Waals surface area contributed by atoms with Gasteiger partial charge in [-0.3, -0.25) is 4.79 Å². The van der Waals surface area contributed by atoms with Gasteiger partial charge in [-0.25, -0.2) is 0 Å². The van der Waals surface area contributed by atoms with Gasteiger partial charge in [-0.05, 0) is 19.3 Å². The minimum atomic E-state index is -0.0750. The highest BCUT2D eigenvalue weighted by atomic mass is 16.6. The Hall–Kier alpha value is -0.570. The smallest absolute Gasteiger partial charge is 0.305 e. The molecular formula is C11H20O3. The van der Waals surface area contributed by atoms with Crippen LogP contribution in [-0.4, -0.2) is 25.3 Å². The fourth-order valence-electron chi connectivity index (χ4n) is 1.55. The zero-order valence-corrected chi connectivity index (χ0v) is 8.96. The molecule has 0 aromatic carbocycles. The number of hydrogen-bond donors (Lipinski definition) is 0. The summed E-state index contributed by atoms with van der Waals surface area (Å²) in [6.45, 7) is 3.39. The van der Waals surface area contributed by atoms with Gasteiger partial charge in [0.2, 0.25) is 0 Å². The second-order valence-electron chi connectivity index (χ2n) is 3.78. The third-order valence-electron chi connectivity index (χ3n) is 2.44. The van der Waals surface area contributed by atoms with Crippen LogP contribution in [0.3, 0.4) is 0 Å². The molecule has 0 spiro atoms. The Morgan fingerprint density at radius 1 is 1.50 bits per heavy atom. The van der Waals surface area contributed by atoms with Gasteiger partial charge in [0.25, 0.3) is 0 Å². The summed E-state index contributed by atoms with van der Waals surface area (Å²) in [5.74, 6) is -0.0750. The molecule has 1 heterocycles. The summed E-state index contributed by atoms with van der Waals surface area (Å²) in [4.78, 5) is 11.2. The van der Waals surface area contributed by atoms with Gasteiger partial charge in [0, 0.05) is 13.0 Å². The van der Waals surface area contributed by atoms with E-state index in [4.69, 9.17) is 9.47 Å². The Morgan fingerprint density at radius 3 is 3.00 bits per heavy atom. The van der Waals surface area contributed by atoms with Gasteiger partial charge < -0.3 is 9.47 Å². The summed E-state index contributed by atoms with van der Waals surface area (Å²) in [6, 6.07) is 0. The average molecular weight is 200 g/mol. The summed E-state index contributed by atoms with van der Waals surface area (Å²) < 4.78 is 10.5. The molecule has 1 saturated heterocycles. The first-order valence-electron chi connectivity index (χ1n) is 5.60. The Kier molecular flexibility index (Phi) is 5.60. The second-order valence-corrected chi connectivity index (χ2v) is 3.78. The van der Waals surface area contributed by atoms with E-state index in [1.807, 2.05) is 0 Å². The molecule has 1 atom stereocenters. The lowest BCUT2D eigenvalue weighted by atomic mass is 10.2. The first-order chi connectivity index (χ1) is 6.83. The minimum Gasteiger partial charge on any atom is -0.463 e. The van der Waals surface area contributed by atoms with Crippen molar-refractivity contribution in [2.24, 2.45) is 0 Å². The largest absolute Gasteiger partial charge is 0.463 e. The highest BCUT2D eigenvalue weighted by molar-refractivity contribution is 5.69. The van der Waals surface area contributed by atoms with Crippen LogP contribution in [0.5, 0.6) is 0 Å². The van der Waals surface area contributed by atoms with E-state index in [0.717, 1.165) is 38.7 Å². The van der Waals surface area contributed by atoms with E-state index in [1.165, 1.54) is 0 Å². The van der Waals surface area contributed by atoms with Crippen molar-refractivity contribution < 1.29 is 14.3 Å². The average Bonchev–Trinajstić information content (AvgIpc) is 2.68. The van der Waals surface area contributed by atoms with E-state index >= 15 is 0 Å². The summed E-state index contributed by atoms with van der Waals surface area (Å²) in [6.07, 6.45) is 6.03. The number of esters is 1. The lowest BCUT2D eigenvalue weighted by molar-refractivity contribution is -0.147. The van der Waals surface area contributed by atoms with E-state index in [1.54, 1.807) is 0 Å². The van der Waals surface area contributed by atoms with Crippen molar-refractivity contribution in [1.82, 2.24) is 0 Å². The molecule has 0 N–H and O–H groups in total. The molecular weight excluding hydrogens is 180 g/mol. The van der Waals surface area contributed by atoms with Crippen LogP contribution in [0.4, 0.5) is 0 Å². The van der Waals surface area contributed by atoms with Crippen molar-refractivity contribution in [2.45, 2.75) is 51.6 Å². The Labute approximate surface area is 85.8 Å². The fourth-order valence-corrected chi connectivity index (χ4v) is 1.55.